The SMILES string of the molecule is CO[n+]1ccc(Cl)c2c(F)cc(F)cc21. The number of pyridine rings is 1. The quantitative estimate of drug-likeness (QED) is 0.684. The van der Waals surface area contributed by atoms with Gasteiger partial charge in [0.2, 0.25) is 6.20 Å². The molecule has 0 aliphatic carbocycles. The fourth-order valence-electron chi connectivity index (χ4n) is 1.43. The molecule has 0 N–H and O–H groups in total. The van der Waals surface area contributed by atoms with Crippen LogP contribution in [-0.2, 0) is 0 Å². The lowest BCUT2D eigenvalue weighted by molar-refractivity contribution is -0.865. The van der Waals surface area contributed by atoms with Gasteiger partial charge in [-0.25, -0.2) is 8.78 Å². The summed E-state index contributed by atoms with van der Waals surface area (Å²) in [4.78, 5) is 4.92. The number of nitrogens with zero attached hydrogens (tertiary/aromatic N) is 1. The van der Waals surface area contributed by atoms with Gasteiger partial charge in [0.15, 0.2) is 0 Å². The largest absolute Gasteiger partial charge is 0.274 e. The topological polar surface area (TPSA) is 13.1 Å². The first-order chi connectivity index (χ1) is 7.13. The average molecular weight is 231 g/mol. The van der Waals surface area contributed by atoms with Crippen LogP contribution in [0.3, 0.4) is 0 Å². The summed E-state index contributed by atoms with van der Waals surface area (Å²) in [7, 11) is 1.40. The number of halogens is 3. The van der Waals surface area contributed by atoms with Gasteiger partial charge >= 0.3 is 0 Å². The molecule has 0 saturated heterocycles. The van der Waals surface area contributed by atoms with Crippen LogP contribution in [0.25, 0.3) is 10.9 Å². The Morgan fingerprint density at radius 2 is 2.07 bits per heavy atom. The molecule has 2 nitrogen and oxygen atoms in total. The Kier molecular flexibility index (Phi) is 2.44. The lowest BCUT2D eigenvalue weighted by atomic mass is 10.2. The van der Waals surface area contributed by atoms with Gasteiger partial charge in [-0.1, -0.05) is 11.6 Å². The fraction of sp³-hybridized carbons (Fsp3) is 0.100. The highest BCUT2D eigenvalue weighted by molar-refractivity contribution is 6.35. The number of rotatable bonds is 1. The molecule has 0 bridgehead atoms. The molecule has 0 spiro atoms. The van der Waals surface area contributed by atoms with Crippen LogP contribution < -0.4 is 9.57 Å². The maximum Gasteiger partial charge on any atom is 0.272 e. The molecular formula is C10H7ClF2NO+. The van der Waals surface area contributed by atoms with Crippen molar-refractivity contribution in [3.63, 3.8) is 0 Å². The normalized spacial score (nSPS) is 10.7. The average Bonchev–Trinajstić information content (AvgIpc) is 2.17. The molecule has 0 aliphatic heterocycles. The lowest BCUT2D eigenvalue weighted by Gasteiger charge is -2.00. The molecule has 15 heavy (non-hydrogen) atoms. The summed E-state index contributed by atoms with van der Waals surface area (Å²) in [5.74, 6) is -1.38. The van der Waals surface area contributed by atoms with E-state index in [0.29, 0.717) is 0 Å². The van der Waals surface area contributed by atoms with Crippen LogP contribution in [0.4, 0.5) is 8.78 Å². The van der Waals surface area contributed by atoms with Gasteiger partial charge in [-0.05, 0) is 0 Å². The molecule has 0 amide bonds. The van der Waals surface area contributed by atoms with E-state index in [0.717, 1.165) is 12.1 Å². The van der Waals surface area contributed by atoms with Crippen LogP contribution in [0.5, 0.6) is 0 Å². The second-order valence-corrected chi connectivity index (χ2v) is 3.36. The molecule has 0 aliphatic rings. The van der Waals surface area contributed by atoms with Crippen LogP contribution in [0, 0.1) is 11.6 Å². The maximum atomic E-state index is 13.4. The summed E-state index contributed by atoms with van der Waals surface area (Å²) >= 11 is 5.81. The standard InChI is InChI=1S/C10H7ClF2NO/c1-15-14-3-2-7(11)10-8(13)4-6(12)5-9(10)14/h2-5H,1H3/q+1. The Bertz CT molecular complexity index is 530. The van der Waals surface area contributed by atoms with E-state index in [1.807, 2.05) is 0 Å². The van der Waals surface area contributed by atoms with E-state index in [1.165, 1.54) is 24.1 Å². The molecule has 78 valence electrons. The van der Waals surface area contributed by atoms with Crippen LogP contribution in [-0.4, -0.2) is 7.11 Å². The highest BCUT2D eigenvalue weighted by Crippen LogP contribution is 2.24. The first kappa shape index (κ1) is 10.1. The van der Waals surface area contributed by atoms with Gasteiger partial charge in [0.05, 0.1) is 11.1 Å². The summed E-state index contributed by atoms with van der Waals surface area (Å²) in [5, 5.41) is 0.359. The molecule has 1 aromatic heterocycles. The van der Waals surface area contributed by atoms with Crippen LogP contribution in [0.1, 0.15) is 0 Å². The summed E-state index contributed by atoms with van der Waals surface area (Å²) in [5.41, 5.74) is 0.252. The van der Waals surface area contributed by atoms with Crippen molar-refractivity contribution in [3.8, 4) is 0 Å². The van der Waals surface area contributed by atoms with Crippen LogP contribution in [0.2, 0.25) is 5.02 Å². The highest BCUT2D eigenvalue weighted by atomic mass is 35.5. The molecule has 0 atom stereocenters. The minimum Gasteiger partial charge on any atom is -0.274 e. The minimum atomic E-state index is -0.707. The van der Waals surface area contributed by atoms with E-state index in [-0.39, 0.29) is 15.9 Å². The van der Waals surface area contributed by atoms with E-state index in [4.69, 9.17) is 16.4 Å². The third-order valence-corrected chi connectivity index (χ3v) is 2.38. The number of hydrogen-bond acceptors (Lipinski definition) is 1. The van der Waals surface area contributed by atoms with Crippen molar-refractivity contribution in [3.05, 3.63) is 41.1 Å². The Labute approximate surface area is 89.6 Å². The third kappa shape index (κ3) is 1.61. The minimum absolute atomic E-state index is 0.141. The second kappa shape index (κ2) is 3.62. The van der Waals surface area contributed by atoms with E-state index >= 15 is 0 Å². The monoisotopic (exact) mass is 230 g/mol. The lowest BCUT2D eigenvalue weighted by Crippen LogP contribution is -2.40. The van der Waals surface area contributed by atoms with Gasteiger partial charge in [-0.15, -0.1) is 0 Å². The molecule has 0 unspecified atom stereocenters. The van der Waals surface area contributed by atoms with Gasteiger partial charge < -0.3 is 0 Å². The number of hydrogen-bond donors (Lipinski definition) is 0. The summed E-state index contributed by atoms with van der Waals surface area (Å²) < 4.78 is 27.7. The van der Waals surface area contributed by atoms with Gasteiger partial charge in [0, 0.05) is 16.9 Å². The molecule has 2 aromatic rings. The van der Waals surface area contributed by atoms with Crippen molar-refractivity contribution in [2.24, 2.45) is 0 Å². The van der Waals surface area contributed by atoms with Crippen molar-refractivity contribution in [2.75, 3.05) is 7.11 Å². The first-order valence-electron chi connectivity index (χ1n) is 4.17. The first-order valence-corrected chi connectivity index (χ1v) is 4.54. The van der Waals surface area contributed by atoms with Crippen molar-refractivity contribution < 1.29 is 18.3 Å². The molecule has 1 aromatic carbocycles. The highest BCUT2D eigenvalue weighted by Gasteiger charge is 2.18. The fourth-order valence-corrected chi connectivity index (χ4v) is 1.67. The van der Waals surface area contributed by atoms with Crippen molar-refractivity contribution in [1.82, 2.24) is 0 Å². The van der Waals surface area contributed by atoms with Gasteiger partial charge in [0.25, 0.3) is 5.52 Å². The van der Waals surface area contributed by atoms with E-state index < -0.39 is 11.6 Å². The zero-order chi connectivity index (χ0) is 11.0. The van der Waals surface area contributed by atoms with Crippen LogP contribution >= 0.6 is 11.6 Å². The predicted molar refractivity (Wildman–Crippen MR) is 51.6 cm³/mol. The molecular weight excluding hydrogens is 224 g/mol. The van der Waals surface area contributed by atoms with Crippen molar-refractivity contribution in [2.45, 2.75) is 0 Å². The van der Waals surface area contributed by atoms with E-state index in [1.54, 1.807) is 0 Å². The maximum absolute atomic E-state index is 13.4. The molecule has 0 radical (unpaired) electrons. The van der Waals surface area contributed by atoms with Crippen molar-refractivity contribution in [1.29, 1.82) is 0 Å². The number of fused-ring (bicyclic) bond motifs is 1. The number of aromatic nitrogens is 1. The van der Waals surface area contributed by atoms with Gasteiger partial charge in [-0.2, -0.15) is 0 Å². The summed E-state index contributed by atoms with van der Waals surface area (Å²) in [6.07, 6.45) is 1.49. The predicted octanol–water partition coefficient (Wildman–Crippen LogP) is 2.12. The Morgan fingerprint density at radius 1 is 1.33 bits per heavy atom. The van der Waals surface area contributed by atoms with Crippen molar-refractivity contribution >= 4 is 22.5 Å². The van der Waals surface area contributed by atoms with E-state index in [9.17, 15) is 8.78 Å². The summed E-state index contributed by atoms with van der Waals surface area (Å²) in [6, 6.07) is 3.43. The molecule has 1 heterocycles. The summed E-state index contributed by atoms with van der Waals surface area (Å²) in [6.45, 7) is 0. The molecule has 5 heteroatoms. The smallest absolute Gasteiger partial charge is 0.272 e. The zero-order valence-corrected chi connectivity index (χ0v) is 8.55. The number of benzene rings is 1. The molecule has 0 fully saturated rings. The van der Waals surface area contributed by atoms with Gasteiger partial charge in [-0.3, -0.25) is 4.84 Å². The van der Waals surface area contributed by atoms with Gasteiger partial charge in [0.1, 0.15) is 24.1 Å². The molecule has 2 rings (SSSR count). The second-order valence-electron chi connectivity index (χ2n) is 2.95. The Hall–Kier alpha value is -1.42. The zero-order valence-electron chi connectivity index (χ0n) is 7.80. The van der Waals surface area contributed by atoms with Crippen LogP contribution in [0.15, 0.2) is 24.4 Å². The third-order valence-electron chi connectivity index (χ3n) is 2.06. The Balaban J connectivity index is 2.93. The van der Waals surface area contributed by atoms with E-state index in [2.05, 4.69) is 0 Å². The molecule has 0 saturated carbocycles. The Morgan fingerprint density at radius 3 is 2.73 bits per heavy atom.